The largest absolute Gasteiger partial charge is 0.396 e. The molecule has 110 valence electrons. The number of nitrogens with two attached hydrogens (primary N) is 1. The van der Waals surface area contributed by atoms with Gasteiger partial charge in [0.1, 0.15) is 0 Å². The van der Waals surface area contributed by atoms with E-state index in [2.05, 4.69) is 9.88 Å². The monoisotopic (exact) mass is 302 g/mol. The number of carbonyl (C=O) groups excluding carboxylic acids is 1. The number of pyridine rings is 1. The number of hydrogen-bond donors (Lipinski definition) is 1. The van der Waals surface area contributed by atoms with Gasteiger partial charge in [-0.25, -0.2) is 0 Å². The molecule has 0 radical (unpaired) electrons. The minimum Gasteiger partial charge on any atom is -0.396 e. The summed E-state index contributed by atoms with van der Waals surface area (Å²) in [4.78, 5) is 22.5. The van der Waals surface area contributed by atoms with Crippen LogP contribution in [0.4, 0.5) is 11.4 Å². The van der Waals surface area contributed by atoms with E-state index in [1.54, 1.807) is 23.7 Å². The van der Waals surface area contributed by atoms with Crippen LogP contribution < -0.4 is 10.6 Å². The second-order valence-electron chi connectivity index (χ2n) is 5.12. The van der Waals surface area contributed by atoms with Crippen molar-refractivity contribution in [2.45, 2.75) is 6.92 Å². The maximum Gasteiger partial charge on any atom is 0.264 e. The third-order valence-corrected chi connectivity index (χ3v) is 4.68. The zero-order chi connectivity index (χ0) is 14.8. The van der Waals surface area contributed by atoms with Crippen LogP contribution in [0, 0.1) is 6.92 Å². The molecular weight excluding hydrogens is 284 g/mol. The van der Waals surface area contributed by atoms with Crippen molar-refractivity contribution in [3.05, 3.63) is 40.3 Å². The highest BCUT2D eigenvalue weighted by molar-refractivity contribution is 7.13. The molecule has 6 heteroatoms. The van der Waals surface area contributed by atoms with Crippen LogP contribution in [0.3, 0.4) is 0 Å². The molecule has 3 heterocycles. The molecule has 0 spiro atoms. The summed E-state index contributed by atoms with van der Waals surface area (Å²) in [6, 6.07) is 5.83. The molecule has 1 aliphatic rings. The maximum absolute atomic E-state index is 12.4. The number of nitrogen functional groups attached to an aromatic ring is 1. The van der Waals surface area contributed by atoms with Gasteiger partial charge in [0.15, 0.2) is 0 Å². The molecule has 5 nitrogen and oxygen atoms in total. The summed E-state index contributed by atoms with van der Waals surface area (Å²) in [6.07, 6.45) is 3.42. The van der Waals surface area contributed by atoms with E-state index in [0.29, 0.717) is 5.69 Å². The van der Waals surface area contributed by atoms with Crippen LogP contribution >= 0.6 is 11.3 Å². The van der Waals surface area contributed by atoms with Crippen molar-refractivity contribution >= 4 is 28.6 Å². The summed E-state index contributed by atoms with van der Waals surface area (Å²) in [5.74, 6) is 0.135. The molecule has 0 aliphatic carbocycles. The lowest BCUT2D eigenvalue weighted by atomic mass is 10.2. The number of nitrogens with zero attached hydrogens (tertiary/aromatic N) is 3. The zero-order valence-corrected chi connectivity index (χ0v) is 12.8. The Kier molecular flexibility index (Phi) is 3.79. The Morgan fingerprint density at radius 1 is 1.24 bits per heavy atom. The van der Waals surface area contributed by atoms with Crippen molar-refractivity contribution in [2.24, 2.45) is 0 Å². The smallest absolute Gasteiger partial charge is 0.264 e. The number of hydrogen-bond acceptors (Lipinski definition) is 5. The molecule has 2 N–H and O–H groups in total. The molecule has 3 rings (SSSR count). The summed E-state index contributed by atoms with van der Waals surface area (Å²) < 4.78 is 0. The Bertz CT molecular complexity index is 647. The van der Waals surface area contributed by atoms with Gasteiger partial charge in [0, 0.05) is 37.3 Å². The summed E-state index contributed by atoms with van der Waals surface area (Å²) in [5.41, 5.74) is 7.65. The molecule has 0 atom stereocenters. The molecule has 2 aromatic rings. The molecule has 1 fully saturated rings. The van der Waals surface area contributed by atoms with Crippen molar-refractivity contribution in [3.8, 4) is 0 Å². The summed E-state index contributed by atoms with van der Waals surface area (Å²) in [5, 5.41) is 0. The highest BCUT2D eigenvalue weighted by atomic mass is 32.1. The fourth-order valence-electron chi connectivity index (χ4n) is 2.54. The average molecular weight is 302 g/mol. The lowest BCUT2D eigenvalue weighted by Gasteiger charge is -2.36. The van der Waals surface area contributed by atoms with Crippen molar-refractivity contribution in [3.63, 3.8) is 0 Å². The van der Waals surface area contributed by atoms with Gasteiger partial charge in [-0.3, -0.25) is 9.78 Å². The van der Waals surface area contributed by atoms with Gasteiger partial charge < -0.3 is 15.5 Å². The van der Waals surface area contributed by atoms with E-state index in [4.69, 9.17) is 5.73 Å². The standard InChI is InChI=1S/C15H18N4OS/c1-11-2-3-14(21-11)15(20)19-8-6-18(7-9-19)13-4-5-17-10-12(13)16/h2-5,10H,6-9,16H2,1H3. The van der Waals surface area contributed by atoms with Crippen LogP contribution in [0.5, 0.6) is 0 Å². The SMILES string of the molecule is Cc1ccc(C(=O)N2CCN(c3ccncc3N)CC2)s1. The predicted molar refractivity (Wildman–Crippen MR) is 85.8 cm³/mol. The van der Waals surface area contributed by atoms with Crippen molar-refractivity contribution in [2.75, 3.05) is 36.8 Å². The number of amides is 1. The maximum atomic E-state index is 12.4. The van der Waals surface area contributed by atoms with Crippen molar-refractivity contribution in [1.29, 1.82) is 0 Å². The fraction of sp³-hybridized carbons (Fsp3) is 0.333. The number of anilines is 2. The van der Waals surface area contributed by atoms with Crippen LogP contribution in [-0.4, -0.2) is 42.0 Å². The molecule has 2 aromatic heterocycles. The number of thiophene rings is 1. The molecule has 0 bridgehead atoms. The first kappa shape index (κ1) is 13.9. The van der Waals surface area contributed by atoms with Crippen LogP contribution in [0.15, 0.2) is 30.6 Å². The number of aryl methyl sites for hydroxylation is 1. The molecule has 1 saturated heterocycles. The second kappa shape index (κ2) is 5.73. The van der Waals surface area contributed by atoms with Crippen LogP contribution in [-0.2, 0) is 0 Å². The molecule has 1 aliphatic heterocycles. The van der Waals surface area contributed by atoms with E-state index in [1.165, 1.54) is 4.88 Å². The Balaban J connectivity index is 1.65. The molecule has 0 saturated carbocycles. The average Bonchev–Trinajstić information content (AvgIpc) is 2.94. The van der Waals surface area contributed by atoms with Gasteiger partial charge in [0.25, 0.3) is 5.91 Å². The quantitative estimate of drug-likeness (QED) is 0.921. The van der Waals surface area contributed by atoms with Gasteiger partial charge in [-0.15, -0.1) is 11.3 Å². The third kappa shape index (κ3) is 2.85. The number of rotatable bonds is 2. The van der Waals surface area contributed by atoms with Crippen LogP contribution in [0.1, 0.15) is 14.5 Å². The first-order valence-electron chi connectivity index (χ1n) is 6.95. The number of piperazine rings is 1. The second-order valence-corrected chi connectivity index (χ2v) is 6.41. The minimum atomic E-state index is 0.135. The Morgan fingerprint density at radius 3 is 2.62 bits per heavy atom. The first-order chi connectivity index (χ1) is 10.1. The highest BCUT2D eigenvalue weighted by Crippen LogP contribution is 2.24. The Morgan fingerprint density at radius 2 is 2.00 bits per heavy atom. The zero-order valence-electron chi connectivity index (χ0n) is 12.0. The Hall–Kier alpha value is -2.08. The lowest BCUT2D eigenvalue weighted by molar-refractivity contribution is 0.0751. The molecule has 1 amide bonds. The van der Waals surface area contributed by atoms with E-state index in [9.17, 15) is 4.79 Å². The molecule has 0 aromatic carbocycles. The van der Waals surface area contributed by atoms with Gasteiger partial charge in [0.2, 0.25) is 0 Å². The number of carbonyl (C=O) groups is 1. The fourth-order valence-corrected chi connectivity index (χ4v) is 3.38. The third-order valence-electron chi connectivity index (χ3n) is 3.69. The molecule has 0 unspecified atom stereocenters. The van der Waals surface area contributed by atoms with Gasteiger partial charge in [-0.05, 0) is 25.1 Å². The lowest BCUT2D eigenvalue weighted by Crippen LogP contribution is -2.48. The van der Waals surface area contributed by atoms with E-state index in [-0.39, 0.29) is 5.91 Å². The Labute approximate surface area is 128 Å². The van der Waals surface area contributed by atoms with Gasteiger partial charge in [-0.1, -0.05) is 0 Å². The highest BCUT2D eigenvalue weighted by Gasteiger charge is 2.23. The minimum absolute atomic E-state index is 0.135. The summed E-state index contributed by atoms with van der Waals surface area (Å²) in [7, 11) is 0. The summed E-state index contributed by atoms with van der Waals surface area (Å²) in [6.45, 7) is 5.05. The van der Waals surface area contributed by atoms with Crippen molar-refractivity contribution in [1.82, 2.24) is 9.88 Å². The van der Waals surface area contributed by atoms with E-state index in [0.717, 1.165) is 36.7 Å². The molecular formula is C15H18N4OS. The van der Waals surface area contributed by atoms with E-state index < -0.39 is 0 Å². The van der Waals surface area contributed by atoms with Crippen LogP contribution in [0.2, 0.25) is 0 Å². The van der Waals surface area contributed by atoms with Crippen LogP contribution in [0.25, 0.3) is 0 Å². The van der Waals surface area contributed by atoms with E-state index >= 15 is 0 Å². The summed E-state index contributed by atoms with van der Waals surface area (Å²) >= 11 is 1.56. The normalized spacial score (nSPS) is 15.3. The van der Waals surface area contributed by atoms with Gasteiger partial charge >= 0.3 is 0 Å². The van der Waals surface area contributed by atoms with Crippen molar-refractivity contribution < 1.29 is 4.79 Å². The number of aromatic nitrogens is 1. The topological polar surface area (TPSA) is 62.5 Å². The predicted octanol–water partition coefficient (Wildman–Crippen LogP) is 2.00. The van der Waals surface area contributed by atoms with Gasteiger partial charge in [0.05, 0.1) is 22.4 Å². The van der Waals surface area contributed by atoms with E-state index in [1.807, 2.05) is 30.0 Å². The first-order valence-corrected chi connectivity index (χ1v) is 7.77. The molecule has 21 heavy (non-hydrogen) atoms. The van der Waals surface area contributed by atoms with Gasteiger partial charge in [-0.2, -0.15) is 0 Å².